The summed E-state index contributed by atoms with van der Waals surface area (Å²) in [5.74, 6) is 1.24. The molecule has 0 atom stereocenters. The second kappa shape index (κ2) is 8.56. The summed E-state index contributed by atoms with van der Waals surface area (Å²) in [4.78, 5) is 15.5. The molecule has 1 fully saturated rings. The largest absolute Gasteiger partial charge is 0.416 e. The highest BCUT2D eigenvalue weighted by Gasteiger charge is 2.30. The van der Waals surface area contributed by atoms with E-state index in [2.05, 4.69) is 30.5 Å². The monoisotopic (exact) mass is 414 g/mol. The first-order valence-corrected chi connectivity index (χ1v) is 9.70. The van der Waals surface area contributed by atoms with E-state index in [1.807, 2.05) is 30.3 Å². The highest BCUT2D eigenvalue weighted by Crippen LogP contribution is 2.29. The number of aromatic nitrogens is 3. The predicted octanol–water partition coefficient (Wildman–Crippen LogP) is 4.85. The van der Waals surface area contributed by atoms with Crippen molar-refractivity contribution >= 4 is 23.5 Å². The average Bonchev–Trinajstić information content (AvgIpc) is 3.28. The molecule has 2 N–H and O–H groups in total. The average molecular weight is 414 g/mol. The van der Waals surface area contributed by atoms with E-state index in [9.17, 15) is 13.2 Å². The fourth-order valence-electron chi connectivity index (χ4n) is 3.25. The smallest absolute Gasteiger partial charge is 0.350 e. The molecule has 2 heterocycles. The maximum atomic E-state index is 12.9. The Labute approximate surface area is 172 Å². The number of hydrogen-bond donors (Lipinski definition) is 2. The van der Waals surface area contributed by atoms with E-state index in [1.165, 1.54) is 6.07 Å². The molecule has 1 aliphatic heterocycles. The van der Waals surface area contributed by atoms with E-state index in [0.29, 0.717) is 23.4 Å². The number of benzene rings is 2. The SMILES string of the molecule is FC(F)(F)c1cccc(CNc2nc(Nc3ccccc3)nc(N3CCCC3)n2)c1. The quantitative estimate of drug-likeness (QED) is 0.601. The van der Waals surface area contributed by atoms with Gasteiger partial charge in [0.05, 0.1) is 5.56 Å². The van der Waals surface area contributed by atoms with Crippen molar-refractivity contribution in [2.45, 2.75) is 25.6 Å². The van der Waals surface area contributed by atoms with Crippen molar-refractivity contribution < 1.29 is 13.2 Å². The Hall–Kier alpha value is -3.36. The van der Waals surface area contributed by atoms with Crippen LogP contribution in [0, 0.1) is 0 Å². The summed E-state index contributed by atoms with van der Waals surface area (Å²) >= 11 is 0. The number of anilines is 4. The normalized spacial score (nSPS) is 14.0. The highest BCUT2D eigenvalue weighted by molar-refractivity contribution is 5.55. The lowest BCUT2D eigenvalue weighted by molar-refractivity contribution is -0.137. The molecule has 0 unspecified atom stereocenters. The third kappa shape index (κ3) is 4.97. The lowest BCUT2D eigenvalue weighted by Crippen LogP contribution is -2.22. The van der Waals surface area contributed by atoms with Crippen LogP contribution in [0.4, 0.5) is 36.7 Å². The van der Waals surface area contributed by atoms with Crippen molar-refractivity contribution in [3.63, 3.8) is 0 Å². The van der Waals surface area contributed by atoms with Crippen LogP contribution in [0.15, 0.2) is 54.6 Å². The molecule has 9 heteroatoms. The fourth-order valence-corrected chi connectivity index (χ4v) is 3.25. The molecule has 0 radical (unpaired) electrons. The summed E-state index contributed by atoms with van der Waals surface area (Å²) in [6, 6.07) is 14.7. The number of para-hydroxylation sites is 1. The van der Waals surface area contributed by atoms with Gasteiger partial charge in [0.15, 0.2) is 0 Å². The molecule has 1 saturated heterocycles. The number of nitrogens with one attached hydrogen (secondary N) is 2. The molecule has 0 spiro atoms. The van der Waals surface area contributed by atoms with Gasteiger partial charge in [-0.2, -0.15) is 28.1 Å². The molecular formula is C21H21F3N6. The minimum absolute atomic E-state index is 0.165. The second-order valence-electron chi connectivity index (χ2n) is 7.02. The van der Waals surface area contributed by atoms with Gasteiger partial charge in [-0.1, -0.05) is 30.3 Å². The Bertz CT molecular complexity index is 988. The van der Waals surface area contributed by atoms with Crippen LogP contribution in [0.2, 0.25) is 0 Å². The van der Waals surface area contributed by atoms with Crippen molar-refractivity contribution in [3.8, 4) is 0 Å². The van der Waals surface area contributed by atoms with E-state index >= 15 is 0 Å². The lowest BCUT2D eigenvalue weighted by Gasteiger charge is -2.17. The van der Waals surface area contributed by atoms with Crippen LogP contribution in [-0.4, -0.2) is 28.0 Å². The van der Waals surface area contributed by atoms with Crippen LogP contribution in [0.5, 0.6) is 0 Å². The topological polar surface area (TPSA) is 66.0 Å². The summed E-state index contributed by atoms with van der Waals surface area (Å²) in [5.41, 5.74) is 0.645. The van der Waals surface area contributed by atoms with Gasteiger partial charge in [-0.3, -0.25) is 0 Å². The van der Waals surface area contributed by atoms with Gasteiger partial charge in [-0.05, 0) is 42.7 Å². The van der Waals surface area contributed by atoms with E-state index in [4.69, 9.17) is 0 Å². The number of nitrogens with zero attached hydrogens (tertiary/aromatic N) is 4. The molecule has 1 aliphatic rings. The van der Waals surface area contributed by atoms with Gasteiger partial charge in [0.2, 0.25) is 17.8 Å². The Morgan fingerprint density at radius 2 is 1.60 bits per heavy atom. The van der Waals surface area contributed by atoms with E-state index in [0.717, 1.165) is 43.8 Å². The third-order valence-corrected chi connectivity index (χ3v) is 4.75. The molecule has 0 saturated carbocycles. The minimum atomic E-state index is -4.38. The second-order valence-corrected chi connectivity index (χ2v) is 7.02. The number of hydrogen-bond acceptors (Lipinski definition) is 6. The van der Waals surface area contributed by atoms with Gasteiger partial charge in [0.1, 0.15) is 0 Å². The Balaban J connectivity index is 1.55. The van der Waals surface area contributed by atoms with Crippen LogP contribution in [0.1, 0.15) is 24.0 Å². The molecule has 156 valence electrons. The Morgan fingerprint density at radius 3 is 2.33 bits per heavy atom. The third-order valence-electron chi connectivity index (χ3n) is 4.75. The maximum Gasteiger partial charge on any atom is 0.416 e. The predicted molar refractivity (Wildman–Crippen MR) is 110 cm³/mol. The molecule has 1 aromatic heterocycles. The van der Waals surface area contributed by atoms with Gasteiger partial charge < -0.3 is 15.5 Å². The van der Waals surface area contributed by atoms with Crippen LogP contribution >= 0.6 is 0 Å². The van der Waals surface area contributed by atoms with Gasteiger partial charge >= 0.3 is 6.18 Å². The Morgan fingerprint density at radius 1 is 0.867 bits per heavy atom. The summed E-state index contributed by atoms with van der Waals surface area (Å²) in [6.45, 7) is 1.89. The standard InChI is InChI=1S/C21H21F3N6/c22-21(23,24)16-8-6-7-15(13-16)14-25-18-27-19(26-17-9-2-1-3-10-17)29-20(28-18)30-11-4-5-12-30/h1-3,6-10,13H,4-5,11-12,14H2,(H2,25,26,27,28,29). The number of alkyl halides is 3. The first kappa shape index (κ1) is 19.9. The molecule has 6 nitrogen and oxygen atoms in total. The first-order chi connectivity index (χ1) is 14.5. The summed E-state index contributed by atoms with van der Waals surface area (Å²) in [7, 11) is 0. The van der Waals surface area contributed by atoms with E-state index in [1.54, 1.807) is 6.07 Å². The maximum absolute atomic E-state index is 12.9. The van der Waals surface area contributed by atoms with Gasteiger partial charge in [-0.15, -0.1) is 0 Å². The van der Waals surface area contributed by atoms with Crippen molar-refractivity contribution in [1.29, 1.82) is 0 Å². The molecule has 2 aromatic carbocycles. The number of halogens is 3. The fraction of sp³-hybridized carbons (Fsp3) is 0.286. The van der Waals surface area contributed by atoms with Crippen LogP contribution in [-0.2, 0) is 12.7 Å². The van der Waals surface area contributed by atoms with Gasteiger partial charge in [-0.25, -0.2) is 0 Å². The first-order valence-electron chi connectivity index (χ1n) is 9.70. The zero-order chi connectivity index (χ0) is 21.0. The summed E-state index contributed by atoms with van der Waals surface area (Å²) in [5, 5.41) is 6.19. The van der Waals surface area contributed by atoms with Crippen LogP contribution < -0.4 is 15.5 Å². The molecule has 4 rings (SSSR count). The lowest BCUT2D eigenvalue weighted by atomic mass is 10.1. The van der Waals surface area contributed by atoms with Gasteiger partial charge in [0.25, 0.3) is 0 Å². The Kier molecular flexibility index (Phi) is 5.69. The highest BCUT2D eigenvalue weighted by atomic mass is 19.4. The van der Waals surface area contributed by atoms with Crippen molar-refractivity contribution in [1.82, 2.24) is 15.0 Å². The zero-order valence-corrected chi connectivity index (χ0v) is 16.2. The summed E-state index contributed by atoms with van der Waals surface area (Å²) in [6.07, 6.45) is -2.24. The van der Waals surface area contributed by atoms with Crippen LogP contribution in [0.3, 0.4) is 0 Å². The van der Waals surface area contributed by atoms with Crippen LogP contribution in [0.25, 0.3) is 0 Å². The van der Waals surface area contributed by atoms with Crippen molar-refractivity contribution in [2.24, 2.45) is 0 Å². The van der Waals surface area contributed by atoms with Gasteiger partial charge in [0, 0.05) is 25.3 Å². The summed E-state index contributed by atoms with van der Waals surface area (Å²) < 4.78 is 38.8. The molecule has 0 aliphatic carbocycles. The zero-order valence-electron chi connectivity index (χ0n) is 16.2. The molecule has 0 bridgehead atoms. The molecule has 0 amide bonds. The molecular weight excluding hydrogens is 393 g/mol. The number of rotatable bonds is 6. The van der Waals surface area contributed by atoms with Crippen molar-refractivity contribution in [2.75, 3.05) is 28.6 Å². The molecule has 30 heavy (non-hydrogen) atoms. The minimum Gasteiger partial charge on any atom is -0.350 e. The van der Waals surface area contributed by atoms with Crippen molar-refractivity contribution in [3.05, 3.63) is 65.7 Å². The van der Waals surface area contributed by atoms with E-state index in [-0.39, 0.29) is 6.54 Å². The molecule has 3 aromatic rings. The van der Waals surface area contributed by atoms with E-state index < -0.39 is 11.7 Å².